The zero-order valence-corrected chi connectivity index (χ0v) is 7.49. The van der Waals surface area contributed by atoms with Gasteiger partial charge in [-0.15, -0.1) is 0 Å². The average molecular weight is 151 g/mol. The molecule has 0 aliphatic carbocycles. The van der Waals surface area contributed by atoms with E-state index in [1.165, 1.54) is 0 Å². The van der Waals surface area contributed by atoms with Crippen LogP contribution in [-0.2, 0) is 24.2 Å². The van der Waals surface area contributed by atoms with Crippen LogP contribution in [0, 0.1) is 6.42 Å². The predicted molar refractivity (Wildman–Crippen MR) is 24.4 cm³/mol. The topological polar surface area (TPSA) is 9.23 Å². The third kappa shape index (κ3) is 3.19. The molecule has 0 aromatic rings. The molecule has 0 radical (unpaired) electrons. The van der Waals surface area contributed by atoms with E-state index in [0.717, 1.165) is 26.1 Å². The van der Waals surface area contributed by atoms with E-state index in [-0.39, 0.29) is 19.5 Å². The summed E-state index contributed by atoms with van der Waals surface area (Å²) >= 11 is 0. The summed E-state index contributed by atoms with van der Waals surface area (Å²) in [6.07, 6.45) is 4.57. The minimum Gasteiger partial charge on any atom is -0.387 e. The van der Waals surface area contributed by atoms with Crippen molar-refractivity contribution in [2.45, 2.75) is 12.8 Å². The fraction of sp³-hybridized carbons (Fsp3) is 0.800. The van der Waals surface area contributed by atoms with Crippen molar-refractivity contribution in [1.29, 1.82) is 0 Å². The maximum atomic E-state index is 5.04. The molecule has 0 bridgehead atoms. The van der Waals surface area contributed by atoms with Gasteiger partial charge in [-0.1, -0.05) is 0 Å². The summed E-state index contributed by atoms with van der Waals surface area (Å²) in [5.41, 5.74) is 0. The molecule has 38 valence electrons. The maximum absolute atomic E-state index is 5.04. The normalized spacial score (nSPS) is 20.6. The minimum absolute atomic E-state index is 0. The SMILES string of the molecule is [CH-]1CCOCC1.[Zn]. The molecule has 0 aromatic heterocycles. The maximum Gasteiger partial charge on any atom is 0.0195 e. The third-order valence-corrected chi connectivity index (χ3v) is 0.933. The van der Waals surface area contributed by atoms with Crippen LogP contribution in [0.5, 0.6) is 0 Å². The first-order valence-electron chi connectivity index (χ1n) is 2.39. The molecule has 0 unspecified atom stereocenters. The van der Waals surface area contributed by atoms with Crippen molar-refractivity contribution in [1.82, 2.24) is 0 Å². The van der Waals surface area contributed by atoms with E-state index in [4.69, 9.17) is 4.74 Å². The Kier molecular flexibility index (Phi) is 5.13. The summed E-state index contributed by atoms with van der Waals surface area (Å²) in [6.45, 7) is 1.89. The van der Waals surface area contributed by atoms with Gasteiger partial charge < -0.3 is 11.2 Å². The molecular formula is C5H9OZn-. The van der Waals surface area contributed by atoms with Gasteiger partial charge in [0.05, 0.1) is 0 Å². The monoisotopic (exact) mass is 149 g/mol. The second-order valence-corrected chi connectivity index (χ2v) is 1.48. The summed E-state index contributed by atoms with van der Waals surface area (Å²) < 4.78 is 5.04. The van der Waals surface area contributed by atoms with Crippen LogP contribution < -0.4 is 0 Å². The molecule has 7 heavy (non-hydrogen) atoms. The number of rotatable bonds is 0. The molecule has 0 amide bonds. The Balaban J connectivity index is 0.000000360. The summed E-state index contributed by atoms with van der Waals surface area (Å²) in [5.74, 6) is 0. The Hall–Kier alpha value is 0.583. The second-order valence-electron chi connectivity index (χ2n) is 1.48. The third-order valence-electron chi connectivity index (χ3n) is 0.933. The summed E-state index contributed by atoms with van der Waals surface area (Å²) in [6, 6.07) is 0. The quantitative estimate of drug-likeness (QED) is 0.370. The molecule has 1 fully saturated rings. The van der Waals surface area contributed by atoms with Crippen LogP contribution in [0.25, 0.3) is 0 Å². The van der Waals surface area contributed by atoms with Gasteiger partial charge in [-0.05, 0) is 0 Å². The predicted octanol–water partition coefficient (Wildman–Crippen LogP) is 0.999. The smallest absolute Gasteiger partial charge is 0.0195 e. The minimum atomic E-state index is 0. The van der Waals surface area contributed by atoms with Crippen molar-refractivity contribution in [2.75, 3.05) is 13.2 Å². The molecule has 0 spiro atoms. The largest absolute Gasteiger partial charge is 0.387 e. The first-order valence-corrected chi connectivity index (χ1v) is 2.39. The van der Waals surface area contributed by atoms with Crippen molar-refractivity contribution in [3.05, 3.63) is 6.42 Å². The molecular weight excluding hydrogens is 141 g/mol. The fourth-order valence-electron chi connectivity index (χ4n) is 0.580. The van der Waals surface area contributed by atoms with Crippen LogP contribution in [0.2, 0.25) is 0 Å². The molecule has 1 saturated heterocycles. The van der Waals surface area contributed by atoms with Crippen LogP contribution in [0.1, 0.15) is 12.8 Å². The molecule has 1 aliphatic rings. The van der Waals surface area contributed by atoms with Crippen molar-refractivity contribution < 1.29 is 24.2 Å². The van der Waals surface area contributed by atoms with Gasteiger partial charge in [-0.25, -0.2) is 0 Å². The number of hydrogen-bond acceptors (Lipinski definition) is 1. The van der Waals surface area contributed by atoms with Gasteiger partial charge in [0, 0.05) is 32.7 Å². The molecule has 0 saturated carbocycles. The molecule has 0 N–H and O–H groups in total. The summed E-state index contributed by atoms with van der Waals surface area (Å²) in [4.78, 5) is 0. The average Bonchev–Trinajstić information content (AvgIpc) is 1.72. The van der Waals surface area contributed by atoms with E-state index in [1.807, 2.05) is 0 Å². The van der Waals surface area contributed by atoms with E-state index in [9.17, 15) is 0 Å². The van der Waals surface area contributed by atoms with E-state index in [0.29, 0.717) is 0 Å². The number of ether oxygens (including phenoxy) is 1. The molecule has 0 aromatic carbocycles. The van der Waals surface area contributed by atoms with Gasteiger partial charge >= 0.3 is 0 Å². The molecule has 2 heteroatoms. The standard InChI is InChI=1S/C5H9O.Zn/c1-2-4-6-5-3-1;/h1H,2-5H2;/q-1;. The number of hydrogen-bond donors (Lipinski definition) is 0. The van der Waals surface area contributed by atoms with Crippen LogP contribution in [-0.4, -0.2) is 13.2 Å². The summed E-state index contributed by atoms with van der Waals surface area (Å²) in [7, 11) is 0. The van der Waals surface area contributed by atoms with E-state index in [1.54, 1.807) is 0 Å². The van der Waals surface area contributed by atoms with Crippen molar-refractivity contribution in [2.24, 2.45) is 0 Å². The van der Waals surface area contributed by atoms with Crippen molar-refractivity contribution >= 4 is 0 Å². The van der Waals surface area contributed by atoms with Crippen LogP contribution in [0.4, 0.5) is 0 Å². The van der Waals surface area contributed by atoms with Gasteiger partial charge in [0.25, 0.3) is 0 Å². The molecule has 1 nitrogen and oxygen atoms in total. The Labute approximate surface area is 57.2 Å². The Morgan fingerprint density at radius 3 is 1.86 bits per heavy atom. The first kappa shape index (κ1) is 7.58. The van der Waals surface area contributed by atoms with Gasteiger partial charge in [-0.2, -0.15) is 12.8 Å². The van der Waals surface area contributed by atoms with Crippen LogP contribution in [0.15, 0.2) is 0 Å². The summed E-state index contributed by atoms with van der Waals surface area (Å²) in [5, 5.41) is 0. The van der Waals surface area contributed by atoms with Crippen molar-refractivity contribution in [3.63, 3.8) is 0 Å². The van der Waals surface area contributed by atoms with E-state index < -0.39 is 0 Å². The van der Waals surface area contributed by atoms with E-state index >= 15 is 0 Å². The Morgan fingerprint density at radius 2 is 1.71 bits per heavy atom. The molecule has 1 aliphatic heterocycles. The van der Waals surface area contributed by atoms with Gasteiger partial charge in [0.1, 0.15) is 0 Å². The van der Waals surface area contributed by atoms with Gasteiger partial charge in [0.2, 0.25) is 0 Å². The zero-order valence-electron chi connectivity index (χ0n) is 4.52. The van der Waals surface area contributed by atoms with E-state index in [2.05, 4.69) is 6.42 Å². The second kappa shape index (κ2) is 4.74. The molecule has 1 rings (SSSR count). The fourth-order valence-corrected chi connectivity index (χ4v) is 0.580. The van der Waals surface area contributed by atoms with Crippen molar-refractivity contribution in [3.8, 4) is 0 Å². The van der Waals surface area contributed by atoms with Gasteiger partial charge in [0.15, 0.2) is 0 Å². The van der Waals surface area contributed by atoms with Gasteiger partial charge in [-0.3, -0.25) is 0 Å². The van der Waals surface area contributed by atoms with Crippen LogP contribution >= 0.6 is 0 Å². The molecule has 0 atom stereocenters. The van der Waals surface area contributed by atoms with Crippen LogP contribution in [0.3, 0.4) is 0 Å². The zero-order chi connectivity index (χ0) is 4.24. The Bertz CT molecular complexity index is 23.6. The molecule has 1 heterocycles. The Morgan fingerprint density at radius 1 is 1.14 bits per heavy atom. The first-order chi connectivity index (χ1) is 3.00.